The van der Waals surface area contributed by atoms with E-state index in [9.17, 15) is 0 Å². The summed E-state index contributed by atoms with van der Waals surface area (Å²) in [4.78, 5) is 0. The summed E-state index contributed by atoms with van der Waals surface area (Å²) in [5, 5.41) is 7.18. The summed E-state index contributed by atoms with van der Waals surface area (Å²) in [5.41, 5.74) is 4.53. The van der Waals surface area contributed by atoms with Gasteiger partial charge in [0.1, 0.15) is 17.5 Å². The van der Waals surface area contributed by atoms with Crippen LogP contribution in [0.5, 0.6) is 5.75 Å². The number of aromatic nitrogens is 1. The van der Waals surface area contributed by atoms with Gasteiger partial charge in [-0.2, -0.15) is 0 Å². The Morgan fingerprint density at radius 2 is 2.24 bits per heavy atom. The summed E-state index contributed by atoms with van der Waals surface area (Å²) in [6.07, 6.45) is 3.75. The molecule has 2 aromatic rings. The third kappa shape index (κ3) is 1.21. The maximum absolute atomic E-state index is 5.88. The first kappa shape index (κ1) is 9.10. The monoisotopic (exact) mass is 228 g/mol. The van der Waals surface area contributed by atoms with E-state index in [1.165, 1.54) is 11.1 Å². The minimum absolute atomic E-state index is 0.266. The first-order valence-corrected chi connectivity index (χ1v) is 5.83. The van der Waals surface area contributed by atoms with Gasteiger partial charge in [-0.3, -0.25) is 0 Å². The van der Waals surface area contributed by atoms with Crippen LogP contribution in [0.4, 0.5) is 11.4 Å². The average molecular weight is 228 g/mol. The number of rotatable bonds is 0. The van der Waals surface area contributed by atoms with Gasteiger partial charge in [-0.1, -0.05) is 17.3 Å². The van der Waals surface area contributed by atoms with Gasteiger partial charge in [0, 0.05) is 12.8 Å². The van der Waals surface area contributed by atoms with Gasteiger partial charge in [0.2, 0.25) is 0 Å². The topological polar surface area (TPSA) is 47.3 Å². The van der Waals surface area contributed by atoms with Crippen molar-refractivity contribution in [3.05, 3.63) is 35.2 Å². The van der Waals surface area contributed by atoms with E-state index in [-0.39, 0.29) is 6.10 Å². The Hall–Kier alpha value is -1.97. The van der Waals surface area contributed by atoms with Crippen LogP contribution < -0.4 is 10.1 Å². The van der Waals surface area contributed by atoms with Gasteiger partial charge in [0.25, 0.3) is 0 Å². The van der Waals surface area contributed by atoms with Gasteiger partial charge in [-0.15, -0.1) is 0 Å². The van der Waals surface area contributed by atoms with Crippen molar-refractivity contribution in [3.8, 4) is 5.75 Å². The first-order chi connectivity index (χ1) is 8.31. The van der Waals surface area contributed by atoms with E-state index >= 15 is 0 Å². The Kier molecular flexibility index (Phi) is 1.62. The highest BCUT2D eigenvalue weighted by atomic mass is 16.5. The van der Waals surface area contributed by atoms with E-state index in [0.29, 0.717) is 0 Å². The molecule has 0 fully saturated rings. The minimum Gasteiger partial charge on any atom is -0.488 e. The second-order valence-electron chi connectivity index (χ2n) is 4.68. The van der Waals surface area contributed by atoms with Gasteiger partial charge < -0.3 is 14.6 Å². The summed E-state index contributed by atoms with van der Waals surface area (Å²) in [6, 6.07) is 4.30. The van der Waals surface area contributed by atoms with Crippen LogP contribution in [-0.4, -0.2) is 11.3 Å². The van der Waals surface area contributed by atoms with E-state index in [4.69, 9.17) is 9.26 Å². The van der Waals surface area contributed by atoms with Crippen LogP contribution in [0.3, 0.4) is 0 Å². The van der Waals surface area contributed by atoms with Gasteiger partial charge in [0.05, 0.1) is 11.9 Å². The lowest BCUT2D eigenvalue weighted by atomic mass is 9.99. The highest BCUT2D eigenvalue weighted by molar-refractivity contribution is 5.76. The van der Waals surface area contributed by atoms with Crippen molar-refractivity contribution in [2.24, 2.45) is 0 Å². The predicted molar refractivity (Wildman–Crippen MR) is 62.8 cm³/mol. The average Bonchev–Trinajstić information content (AvgIpc) is 2.90. The number of hydrogen-bond acceptors (Lipinski definition) is 4. The predicted octanol–water partition coefficient (Wildman–Crippen LogP) is 2.65. The Balaban J connectivity index is 1.87. The molecule has 0 radical (unpaired) electrons. The van der Waals surface area contributed by atoms with E-state index < -0.39 is 0 Å². The number of nitrogens with one attached hydrogen (secondary N) is 1. The van der Waals surface area contributed by atoms with Crippen LogP contribution in [0.15, 0.2) is 22.9 Å². The second-order valence-corrected chi connectivity index (χ2v) is 4.68. The van der Waals surface area contributed by atoms with Crippen LogP contribution in [0.2, 0.25) is 0 Å². The Morgan fingerprint density at radius 1 is 1.35 bits per heavy atom. The summed E-state index contributed by atoms with van der Waals surface area (Å²) < 4.78 is 11.1. The molecule has 2 aliphatic rings. The molecule has 1 unspecified atom stereocenters. The van der Waals surface area contributed by atoms with Crippen molar-refractivity contribution in [1.82, 2.24) is 5.16 Å². The molecule has 0 saturated carbocycles. The van der Waals surface area contributed by atoms with Crippen molar-refractivity contribution in [2.45, 2.75) is 25.9 Å². The molecule has 0 spiro atoms. The molecular weight excluding hydrogens is 216 g/mol. The quantitative estimate of drug-likeness (QED) is 0.642. The molecule has 1 N–H and O–H groups in total. The number of fused-ring (bicyclic) bond motifs is 4. The molecule has 0 bridgehead atoms. The molecule has 2 aliphatic heterocycles. The van der Waals surface area contributed by atoms with Gasteiger partial charge in [-0.05, 0) is 18.1 Å². The molecule has 1 atom stereocenters. The lowest BCUT2D eigenvalue weighted by Crippen LogP contribution is -2.08. The Bertz CT molecular complexity index is 603. The summed E-state index contributed by atoms with van der Waals surface area (Å²) >= 11 is 0. The molecule has 4 nitrogen and oxygen atoms in total. The number of benzene rings is 1. The van der Waals surface area contributed by atoms with Crippen molar-refractivity contribution in [2.75, 3.05) is 5.32 Å². The molecule has 3 heterocycles. The standard InChI is InChI=1S/C13H12N2O2/c1-7-4-9-3-2-8-5-11-10(6-14-17-11)15-12(8)13(9)16-7/h2-3,6-7,15H,4-5H2,1H3. The van der Waals surface area contributed by atoms with E-state index in [1.54, 1.807) is 6.20 Å². The minimum atomic E-state index is 0.266. The molecule has 17 heavy (non-hydrogen) atoms. The molecule has 0 saturated heterocycles. The fourth-order valence-electron chi connectivity index (χ4n) is 2.60. The number of ether oxygens (including phenoxy) is 1. The normalized spacial score (nSPS) is 19.9. The molecular formula is C13H12N2O2. The maximum Gasteiger partial charge on any atom is 0.164 e. The lowest BCUT2D eigenvalue weighted by molar-refractivity contribution is 0.255. The Labute approximate surface area is 98.6 Å². The van der Waals surface area contributed by atoms with Crippen molar-refractivity contribution in [1.29, 1.82) is 0 Å². The zero-order chi connectivity index (χ0) is 11.4. The van der Waals surface area contributed by atoms with Crippen LogP contribution in [0, 0.1) is 0 Å². The van der Waals surface area contributed by atoms with E-state index in [1.807, 2.05) is 0 Å². The Morgan fingerprint density at radius 3 is 3.18 bits per heavy atom. The SMILES string of the molecule is CC1Cc2ccc3c(c2O1)Nc1cnoc1C3. The molecule has 4 heteroatoms. The third-order valence-corrected chi connectivity index (χ3v) is 3.41. The number of anilines is 2. The van der Waals surface area contributed by atoms with Crippen LogP contribution in [0.25, 0.3) is 0 Å². The first-order valence-electron chi connectivity index (χ1n) is 5.83. The van der Waals surface area contributed by atoms with Gasteiger partial charge >= 0.3 is 0 Å². The number of nitrogens with zero attached hydrogens (tertiary/aromatic N) is 1. The van der Waals surface area contributed by atoms with Gasteiger partial charge in [-0.25, -0.2) is 0 Å². The van der Waals surface area contributed by atoms with E-state index in [2.05, 4.69) is 29.5 Å². The summed E-state index contributed by atoms with van der Waals surface area (Å²) in [7, 11) is 0. The third-order valence-electron chi connectivity index (χ3n) is 3.41. The summed E-state index contributed by atoms with van der Waals surface area (Å²) in [6.45, 7) is 2.10. The van der Waals surface area contributed by atoms with Crippen LogP contribution >= 0.6 is 0 Å². The van der Waals surface area contributed by atoms with Crippen LogP contribution in [-0.2, 0) is 12.8 Å². The highest BCUT2D eigenvalue weighted by Gasteiger charge is 2.28. The van der Waals surface area contributed by atoms with Gasteiger partial charge in [0.15, 0.2) is 5.76 Å². The van der Waals surface area contributed by atoms with Crippen LogP contribution in [0.1, 0.15) is 23.8 Å². The molecule has 1 aromatic heterocycles. The molecule has 86 valence electrons. The van der Waals surface area contributed by atoms with Crippen molar-refractivity contribution in [3.63, 3.8) is 0 Å². The fraction of sp³-hybridized carbons (Fsp3) is 0.308. The largest absolute Gasteiger partial charge is 0.488 e. The highest BCUT2D eigenvalue weighted by Crippen LogP contribution is 2.44. The van der Waals surface area contributed by atoms with Crippen molar-refractivity contribution >= 4 is 11.4 Å². The second kappa shape index (κ2) is 3.03. The maximum atomic E-state index is 5.88. The smallest absolute Gasteiger partial charge is 0.164 e. The summed E-state index contributed by atoms with van der Waals surface area (Å²) in [5.74, 6) is 1.89. The zero-order valence-electron chi connectivity index (χ0n) is 9.49. The molecule has 0 amide bonds. The zero-order valence-corrected chi connectivity index (χ0v) is 9.49. The van der Waals surface area contributed by atoms with Crippen molar-refractivity contribution < 1.29 is 9.26 Å². The van der Waals surface area contributed by atoms with E-state index in [0.717, 1.165) is 35.7 Å². The molecule has 0 aliphatic carbocycles. The molecule has 4 rings (SSSR count). The molecule has 1 aromatic carbocycles. The lowest BCUT2D eigenvalue weighted by Gasteiger charge is -2.19. The fourth-order valence-corrected chi connectivity index (χ4v) is 2.60. The number of hydrogen-bond donors (Lipinski definition) is 1.